The third-order valence-electron chi connectivity index (χ3n) is 5.38. The second kappa shape index (κ2) is 6.10. The van der Waals surface area contributed by atoms with E-state index in [-0.39, 0.29) is 24.4 Å². The number of nitrogens with two attached hydrogens (primary N) is 1. The number of benzene rings is 2. The van der Waals surface area contributed by atoms with E-state index in [2.05, 4.69) is 30.3 Å². The molecule has 4 heteroatoms. The smallest absolute Gasteiger partial charge is 0.303 e. The fraction of sp³-hybridized carbons (Fsp3) is 0.381. The number of carbonyl (C=O) groups is 1. The van der Waals surface area contributed by atoms with Crippen molar-refractivity contribution in [2.24, 2.45) is 5.92 Å². The minimum absolute atomic E-state index is 0.0819. The van der Waals surface area contributed by atoms with Crippen molar-refractivity contribution in [1.82, 2.24) is 0 Å². The molecular formula is C21H23NO3. The highest BCUT2D eigenvalue weighted by Gasteiger charge is 2.45. The van der Waals surface area contributed by atoms with Crippen molar-refractivity contribution in [3.05, 3.63) is 59.2 Å². The summed E-state index contributed by atoms with van der Waals surface area (Å²) in [5, 5.41) is 9.11. The molecule has 1 fully saturated rings. The van der Waals surface area contributed by atoms with Crippen LogP contribution in [0.15, 0.2) is 42.5 Å². The predicted molar refractivity (Wildman–Crippen MR) is 96.9 cm³/mol. The highest BCUT2D eigenvalue weighted by atomic mass is 16.5. The van der Waals surface area contributed by atoms with Gasteiger partial charge in [-0.2, -0.15) is 0 Å². The first-order chi connectivity index (χ1) is 12.0. The number of hydrogen-bond acceptors (Lipinski definition) is 3. The van der Waals surface area contributed by atoms with E-state index in [0.717, 1.165) is 16.9 Å². The van der Waals surface area contributed by atoms with Crippen LogP contribution in [0.4, 0.5) is 5.69 Å². The lowest BCUT2D eigenvalue weighted by molar-refractivity contribution is -0.137. The van der Waals surface area contributed by atoms with Gasteiger partial charge in [-0.25, -0.2) is 0 Å². The maximum Gasteiger partial charge on any atom is 0.303 e. The number of rotatable bonds is 5. The summed E-state index contributed by atoms with van der Waals surface area (Å²) in [5.41, 5.74) is 10.2. The Labute approximate surface area is 147 Å². The van der Waals surface area contributed by atoms with Crippen LogP contribution >= 0.6 is 0 Å². The Balaban J connectivity index is 1.78. The first-order valence-corrected chi connectivity index (χ1v) is 8.91. The van der Waals surface area contributed by atoms with Gasteiger partial charge in [-0.3, -0.25) is 4.79 Å². The SMILES string of the molecule is CC(CC(=O)O)c1cc(N)c2c(c1)[C@H](c1ccccc1)[C@@H](C1CC1)O2. The van der Waals surface area contributed by atoms with E-state index in [0.29, 0.717) is 11.6 Å². The third kappa shape index (κ3) is 2.97. The van der Waals surface area contributed by atoms with Crippen molar-refractivity contribution < 1.29 is 14.6 Å². The third-order valence-corrected chi connectivity index (χ3v) is 5.38. The van der Waals surface area contributed by atoms with Crippen LogP contribution < -0.4 is 10.5 Å². The molecule has 0 amide bonds. The van der Waals surface area contributed by atoms with E-state index in [4.69, 9.17) is 15.6 Å². The summed E-state index contributed by atoms with van der Waals surface area (Å²) >= 11 is 0. The molecule has 3 atom stereocenters. The number of anilines is 1. The molecule has 130 valence electrons. The Morgan fingerprint density at radius 3 is 2.64 bits per heavy atom. The van der Waals surface area contributed by atoms with E-state index in [1.54, 1.807) is 0 Å². The molecule has 2 aromatic carbocycles. The average molecular weight is 337 g/mol. The monoisotopic (exact) mass is 337 g/mol. The van der Waals surface area contributed by atoms with Crippen molar-refractivity contribution in [2.75, 3.05) is 5.73 Å². The number of aliphatic carboxylic acids is 1. The van der Waals surface area contributed by atoms with Gasteiger partial charge in [0.1, 0.15) is 11.9 Å². The molecule has 2 aliphatic rings. The Bertz CT molecular complexity index is 798. The van der Waals surface area contributed by atoms with Gasteiger partial charge in [0.05, 0.1) is 12.1 Å². The molecule has 1 aliphatic heterocycles. The minimum Gasteiger partial charge on any atom is -0.487 e. The van der Waals surface area contributed by atoms with Gasteiger partial charge < -0.3 is 15.6 Å². The van der Waals surface area contributed by atoms with Crippen molar-refractivity contribution >= 4 is 11.7 Å². The molecule has 1 heterocycles. The fourth-order valence-electron chi connectivity index (χ4n) is 3.93. The van der Waals surface area contributed by atoms with E-state index in [1.165, 1.54) is 18.4 Å². The molecule has 1 unspecified atom stereocenters. The zero-order chi connectivity index (χ0) is 17.6. The van der Waals surface area contributed by atoms with Crippen LogP contribution in [0.1, 0.15) is 54.7 Å². The second-order valence-corrected chi connectivity index (χ2v) is 7.34. The largest absolute Gasteiger partial charge is 0.487 e. The quantitative estimate of drug-likeness (QED) is 0.804. The molecule has 0 saturated heterocycles. The molecule has 0 spiro atoms. The molecule has 4 rings (SSSR count). The van der Waals surface area contributed by atoms with Crippen LogP contribution in [0, 0.1) is 5.92 Å². The molecule has 1 saturated carbocycles. The lowest BCUT2D eigenvalue weighted by atomic mass is 9.84. The first kappa shape index (κ1) is 16.0. The standard InChI is InChI=1S/C21H23NO3/c1-12(9-18(23)24)15-10-16-19(13-5-3-2-4-6-13)20(14-7-8-14)25-21(16)17(22)11-15/h2-6,10-12,14,19-20H,7-9,22H2,1H3,(H,23,24)/t12?,19-,20+/m0/s1. The van der Waals surface area contributed by atoms with Crippen molar-refractivity contribution in [3.63, 3.8) is 0 Å². The van der Waals surface area contributed by atoms with Gasteiger partial charge in [-0.05, 0) is 41.9 Å². The molecule has 0 bridgehead atoms. The number of hydrogen-bond donors (Lipinski definition) is 2. The highest BCUT2D eigenvalue weighted by molar-refractivity contribution is 5.69. The molecular weight excluding hydrogens is 314 g/mol. The van der Waals surface area contributed by atoms with E-state index in [9.17, 15) is 4.79 Å². The zero-order valence-corrected chi connectivity index (χ0v) is 14.3. The van der Waals surface area contributed by atoms with E-state index < -0.39 is 5.97 Å². The Morgan fingerprint density at radius 2 is 2.00 bits per heavy atom. The topological polar surface area (TPSA) is 72.5 Å². The summed E-state index contributed by atoms with van der Waals surface area (Å²) < 4.78 is 6.30. The van der Waals surface area contributed by atoms with Gasteiger partial charge in [0.25, 0.3) is 0 Å². The zero-order valence-electron chi connectivity index (χ0n) is 14.3. The summed E-state index contributed by atoms with van der Waals surface area (Å²) in [6, 6.07) is 14.4. The first-order valence-electron chi connectivity index (χ1n) is 8.91. The maximum absolute atomic E-state index is 11.1. The average Bonchev–Trinajstić information content (AvgIpc) is 3.35. The molecule has 4 nitrogen and oxygen atoms in total. The molecule has 0 aromatic heterocycles. The van der Waals surface area contributed by atoms with E-state index in [1.807, 2.05) is 19.1 Å². The highest BCUT2D eigenvalue weighted by Crippen LogP contribution is 2.53. The van der Waals surface area contributed by atoms with Crippen LogP contribution in [0.5, 0.6) is 5.75 Å². The van der Waals surface area contributed by atoms with Crippen LogP contribution in [0.25, 0.3) is 0 Å². The molecule has 0 radical (unpaired) electrons. The molecule has 25 heavy (non-hydrogen) atoms. The van der Waals surface area contributed by atoms with Gasteiger partial charge >= 0.3 is 5.97 Å². The predicted octanol–water partition coefficient (Wildman–Crippen LogP) is 4.15. The number of nitrogen functional groups attached to an aromatic ring is 1. The van der Waals surface area contributed by atoms with Crippen LogP contribution in [0.2, 0.25) is 0 Å². The molecule has 2 aromatic rings. The van der Waals surface area contributed by atoms with Gasteiger partial charge in [0, 0.05) is 11.5 Å². The van der Waals surface area contributed by atoms with Gasteiger partial charge in [-0.15, -0.1) is 0 Å². The summed E-state index contributed by atoms with van der Waals surface area (Å²) in [6.45, 7) is 1.93. The normalized spacial score (nSPS) is 22.9. The number of fused-ring (bicyclic) bond motifs is 1. The molecule has 1 aliphatic carbocycles. The number of carboxylic acids is 1. The maximum atomic E-state index is 11.1. The summed E-state index contributed by atoms with van der Waals surface area (Å²) in [5.74, 6) is 0.664. The van der Waals surface area contributed by atoms with E-state index >= 15 is 0 Å². The number of carboxylic acid groups (broad SMARTS) is 1. The van der Waals surface area contributed by atoms with Gasteiger partial charge in [0.2, 0.25) is 0 Å². The van der Waals surface area contributed by atoms with Crippen LogP contribution in [0.3, 0.4) is 0 Å². The van der Waals surface area contributed by atoms with Crippen LogP contribution in [-0.4, -0.2) is 17.2 Å². The lowest BCUT2D eigenvalue weighted by Crippen LogP contribution is -2.22. The summed E-state index contributed by atoms with van der Waals surface area (Å²) in [6.07, 6.45) is 2.62. The van der Waals surface area contributed by atoms with Crippen molar-refractivity contribution in [3.8, 4) is 5.75 Å². The fourth-order valence-corrected chi connectivity index (χ4v) is 3.93. The van der Waals surface area contributed by atoms with Gasteiger partial charge in [0.15, 0.2) is 0 Å². The minimum atomic E-state index is -0.793. The van der Waals surface area contributed by atoms with Crippen LogP contribution in [-0.2, 0) is 4.79 Å². The molecule has 3 N–H and O–H groups in total. The Kier molecular flexibility index (Phi) is 3.91. The van der Waals surface area contributed by atoms with Crippen molar-refractivity contribution in [2.45, 2.75) is 44.1 Å². The number of ether oxygens (including phenoxy) is 1. The Morgan fingerprint density at radius 1 is 1.28 bits per heavy atom. The summed E-state index contributed by atoms with van der Waals surface area (Å²) in [7, 11) is 0. The Hall–Kier alpha value is -2.49. The summed E-state index contributed by atoms with van der Waals surface area (Å²) in [4.78, 5) is 11.1. The van der Waals surface area contributed by atoms with Crippen molar-refractivity contribution in [1.29, 1.82) is 0 Å². The van der Waals surface area contributed by atoms with Gasteiger partial charge in [-0.1, -0.05) is 43.3 Å². The second-order valence-electron chi connectivity index (χ2n) is 7.34. The lowest BCUT2D eigenvalue weighted by Gasteiger charge is -2.19.